The molecule has 0 bridgehead atoms. The first kappa shape index (κ1) is 11.6. The topological polar surface area (TPSA) is 3.24 Å². The van der Waals surface area contributed by atoms with Gasteiger partial charge in [-0.25, -0.2) is 0 Å². The van der Waals surface area contributed by atoms with E-state index in [1.165, 1.54) is 0 Å². The lowest BCUT2D eigenvalue weighted by atomic mass is 10.1. The standard InChI is InChI=1S/C11H13Cl2N/c1-8(7-14(2)3)10-5-4-9(12)6-11(10)13/h4-6H,1,7H2,2-3H3. The van der Waals surface area contributed by atoms with E-state index in [0.717, 1.165) is 17.7 Å². The molecule has 0 saturated carbocycles. The molecule has 14 heavy (non-hydrogen) atoms. The SMILES string of the molecule is C=C(CN(C)C)c1ccc(Cl)cc1Cl. The minimum Gasteiger partial charge on any atom is -0.305 e. The quantitative estimate of drug-likeness (QED) is 0.767. The van der Waals surface area contributed by atoms with Crippen LogP contribution in [0.15, 0.2) is 24.8 Å². The van der Waals surface area contributed by atoms with Gasteiger partial charge >= 0.3 is 0 Å². The number of rotatable bonds is 3. The Morgan fingerprint density at radius 1 is 1.36 bits per heavy atom. The molecule has 0 N–H and O–H groups in total. The van der Waals surface area contributed by atoms with Crippen LogP contribution < -0.4 is 0 Å². The molecule has 0 radical (unpaired) electrons. The first-order chi connectivity index (χ1) is 6.50. The molecule has 0 saturated heterocycles. The molecule has 0 unspecified atom stereocenters. The Bertz CT molecular complexity index is 345. The highest BCUT2D eigenvalue weighted by Crippen LogP contribution is 2.26. The molecule has 0 aliphatic heterocycles. The fourth-order valence-corrected chi connectivity index (χ4v) is 1.79. The monoisotopic (exact) mass is 229 g/mol. The van der Waals surface area contributed by atoms with Crippen molar-refractivity contribution < 1.29 is 0 Å². The largest absolute Gasteiger partial charge is 0.305 e. The first-order valence-electron chi connectivity index (χ1n) is 4.28. The molecule has 1 nitrogen and oxygen atoms in total. The molecule has 1 aromatic carbocycles. The summed E-state index contributed by atoms with van der Waals surface area (Å²) in [5, 5.41) is 1.31. The first-order valence-corrected chi connectivity index (χ1v) is 5.04. The fourth-order valence-electron chi connectivity index (χ4n) is 1.24. The van der Waals surface area contributed by atoms with Crippen LogP contribution in [0.3, 0.4) is 0 Å². The molecule has 1 rings (SSSR count). The van der Waals surface area contributed by atoms with Crippen molar-refractivity contribution in [1.82, 2.24) is 4.90 Å². The Kier molecular flexibility index (Phi) is 3.99. The summed E-state index contributed by atoms with van der Waals surface area (Å²) in [4.78, 5) is 2.05. The number of nitrogens with zero attached hydrogens (tertiary/aromatic N) is 1. The lowest BCUT2D eigenvalue weighted by Crippen LogP contribution is -2.14. The van der Waals surface area contributed by atoms with Crippen molar-refractivity contribution in [2.45, 2.75) is 0 Å². The van der Waals surface area contributed by atoms with E-state index < -0.39 is 0 Å². The van der Waals surface area contributed by atoms with Crippen LogP contribution in [0.25, 0.3) is 5.57 Å². The van der Waals surface area contributed by atoms with Crippen LogP contribution in [0.2, 0.25) is 10.0 Å². The Balaban J connectivity index is 2.90. The maximum atomic E-state index is 6.04. The summed E-state index contributed by atoms with van der Waals surface area (Å²) in [6.45, 7) is 4.78. The molecule has 0 aliphatic rings. The van der Waals surface area contributed by atoms with Gasteiger partial charge < -0.3 is 4.90 Å². The average Bonchev–Trinajstić information content (AvgIpc) is 2.01. The maximum absolute atomic E-state index is 6.04. The van der Waals surface area contributed by atoms with Crippen molar-refractivity contribution >= 4 is 28.8 Å². The zero-order valence-corrected chi connectivity index (χ0v) is 9.86. The number of halogens is 2. The van der Waals surface area contributed by atoms with Crippen LogP contribution in [-0.2, 0) is 0 Å². The molecule has 0 spiro atoms. The summed E-state index contributed by atoms with van der Waals surface area (Å²) < 4.78 is 0. The van der Waals surface area contributed by atoms with Crippen LogP contribution in [0.1, 0.15) is 5.56 Å². The molecule has 0 fully saturated rings. The van der Waals surface area contributed by atoms with E-state index in [9.17, 15) is 0 Å². The molecule has 0 heterocycles. The molecular weight excluding hydrogens is 217 g/mol. The van der Waals surface area contributed by atoms with Crippen molar-refractivity contribution in [3.05, 3.63) is 40.4 Å². The van der Waals surface area contributed by atoms with Crippen LogP contribution in [0.5, 0.6) is 0 Å². The van der Waals surface area contributed by atoms with Crippen LogP contribution in [0, 0.1) is 0 Å². The van der Waals surface area contributed by atoms with Crippen LogP contribution >= 0.6 is 23.2 Å². The summed E-state index contributed by atoms with van der Waals surface area (Å²) in [5.74, 6) is 0. The summed E-state index contributed by atoms with van der Waals surface area (Å²) in [7, 11) is 3.99. The van der Waals surface area contributed by atoms with E-state index in [2.05, 4.69) is 6.58 Å². The molecule has 76 valence electrons. The maximum Gasteiger partial charge on any atom is 0.0496 e. The van der Waals surface area contributed by atoms with E-state index >= 15 is 0 Å². The second-order valence-electron chi connectivity index (χ2n) is 3.47. The minimum absolute atomic E-state index is 0.649. The Hall–Kier alpha value is -0.500. The Morgan fingerprint density at radius 3 is 2.50 bits per heavy atom. The van der Waals surface area contributed by atoms with Gasteiger partial charge in [0.25, 0.3) is 0 Å². The van der Waals surface area contributed by atoms with Gasteiger partial charge in [0.15, 0.2) is 0 Å². The Morgan fingerprint density at radius 2 is 2.00 bits per heavy atom. The van der Waals surface area contributed by atoms with Gasteiger partial charge in [-0.05, 0) is 37.4 Å². The normalized spacial score (nSPS) is 10.6. The van der Waals surface area contributed by atoms with Crippen molar-refractivity contribution in [2.24, 2.45) is 0 Å². The summed E-state index contributed by atoms with van der Waals surface area (Å²) >= 11 is 11.8. The van der Waals surface area contributed by atoms with Gasteiger partial charge in [-0.1, -0.05) is 35.8 Å². The average molecular weight is 230 g/mol. The van der Waals surface area contributed by atoms with E-state index in [1.54, 1.807) is 6.07 Å². The zero-order chi connectivity index (χ0) is 10.7. The fraction of sp³-hybridized carbons (Fsp3) is 0.273. The van der Waals surface area contributed by atoms with Crippen molar-refractivity contribution in [3.8, 4) is 0 Å². The lowest BCUT2D eigenvalue weighted by Gasteiger charge is -2.13. The smallest absolute Gasteiger partial charge is 0.0496 e. The van der Waals surface area contributed by atoms with Gasteiger partial charge in [0.1, 0.15) is 0 Å². The van der Waals surface area contributed by atoms with Gasteiger partial charge in [-0.3, -0.25) is 0 Å². The molecule has 0 aromatic heterocycles. The van der Waals surface area contributed by atoms with Crippen molar-refractivity contribution in [2.75, 3.05) is 20.6 Å². The van der Waals surface area contributed by atoms with E-state index in [1.807, 2.05) is 31.1 Å². The highest BCUT2D eigenvalue weighted by molar-refractivity contribution is 6.35. The van der Waals surface area contributed by atoms with Gasteiger partial charge in [0.2, 0.25) is 0 Å². The number of hydrogen-bond donors (Lipinski definition) is 0. The predicted octanol–water partition coefficient (Wildman–Crippen LogP) is 3.57. The molecule has 1 aromatic rings. The summed E-state index contributed by atoms with van der Waals surface area (Å²) in [5.41, 5.74) is 1.96. The van der Waals surface area contributed by atoms with Gasteiger partial charge in [0, 0.05) is 16.6 Å². The van der Waals surface area contributed by atoms with Crippen molar-refractivity contribution in [1.29, 1.82) is 0 Å². The second-order valence-corrected chi connectivity index (χ2v) is 4.31. The Labute approximate surface area is 94.9 Å². The number of hydrogen-bond acceptors (Lipinski definition) is 1. The third kappa shape index (κ3) is 3.02. The van der Waals surface area contributed by atoms with E-state index in [4.69, 9.17) is 23.2 Å². The minimum atomic E-state index is 0.649. The third-order valence-electron chi connectivity index (χ3n) is 1.82. The second kappa shape index (κ2) is 4.83. The van der Waals surface area contributed by atoms with Crippen LogP contribution in [0.4, 0.5) is 0 Å². The lowest BCUT2D eigenvalue weighted by molar-refractivity contribution is 0.463. The van der Waals surface area contributed by atoms with Gasteiger partial charge in [0.05, 0.1) is 0 Å². The molecule has 0 amide bonds. The zero-order valence-electron chi connectivity index (χ0n) is 8.35. The van der Waals surface area contributed by atoms with E-state index in [-0.39, 0.29) is 0 Å². The highest BCUT2D eigenvalue weighted by Gasteiger charge is 2.05. The number of likely N-dealkylation sites (N-methyl/N-ethyl adjacent to an activating group) is 1. The molecule has 3 heteroatoms. The predicted molar refractivity (Wildman–Crippen MR) is 64.1 cm³/mol. The highest BCUT2D eigenvalue weighted by atomic mass is 35.5. The molecule has 0 aliphatic carbocycles. The van der Waals surface area contributed by atoms with E-state index in [0.29, 0.717) is 10.0 Å². The van der Waals surface area contributed by atoms with Crippen LogP contribution in [-0.4, -0.2) is 25.5 Å². The van der Waals surface area contributed by atoms with Crippen molar-refractivity contribution in [3.63, 3.8) is 0 Å². The number of benzene rings is 1. The van der Waals surface area contributed by atoms with Gasteiger partial charge in [-0.2, -0.15) is 0 Å². The summed E-state index contributed by atoms with van der Waals surface area (Å²) in [6, 6.07) is 5.46. The third-order valence-corrected chi connectivity index (χ3v) is 2.37. The summed E-state index contributed by atoms with van der Waals surface area (Å²) in [6.07, 6.45) is 0. The molecule has 0 atom stereocenters. The molecular formula is C11H13Cl2N. The van der Waals surface area contributed by atoms with Gasteiger partial charge in [-0.15, -0.1) is 0 Å².